The summed E-state index contributed by atoms with van der Waals surface area (Å²) >= 11 is 3.32. The number of fused-ring (bicyclic) bond motifs is 3. The molecule has 3 heterocycles. The molecule has 0 radical (unpaired) electrons. The van der Waals surface area contributed by atoms with Crippen molar-refractivity contribution in [1.82, 2.24) is 14.5 Å². The number of carbonyl (C=O) groups is 1. The van der Waals surface area contributed by atoms with E-state index in [1.807, 2.05) is 32.9 Å². The van der Waals surface area contributed by atoms with E-state index < -0.39 is 17.4 Å². The van der Waals surface area contributed by atoms with Crippen molar-refractivity contribution in [3.05, 3.63) is 98.1 Å². The number of aromatic nitrogens is 2. The van der Waals surface area contributed by atoms with E-state index in [9.17, 15) is 14.0 Å². The Morgan fingerprint density at radius 1 is 1.15 bits per heavy atom. The van der Waals surface area contributed by atoms with Crippen molar-refractivity contribution in [2.75, 3.05) is 13.1 Å². The van der Waals surface area contributed by atoms with Crippen molar-refractivity contribution in [1.29, 1.82) is 0 Å². The Morgan fingerprint density at radius 2 is 1.90 bits per heavy atom. The van der Waals surface area contributed by atoms with Gasteiger partial charge in [0.25, 0.3) is 11.5 Å². The Morgan fingerprint density at radius 3 is 2.55 bits per heavy atom. The highest BCUT2D eigenvalue weighted by atomic mass is 79.9. The van der Waals surface area contributed by atoms with Crippen LogP contribution in [0, 0.1) is 18.7 Å². The van der Waals surface area contributed by atoms with Gasteiger partial charge < -0.3 is 19.5 Å². The summed E-state index contributed by atoms with van der Waals surface area (Å²) in [4.78, 5) is 34.6. The Hall–Kier alpha value is -3.76. The summed E-state index contributed by atoms with van der Waals surface area (Å²) in [5.41, 5.74) is 7.72. The van der Waals surface area contributed by atoms with E-state index in [0.717, 1.165) is 5.56 Å². The number of nitrogens with two attached hydrogens (primary N) is 1. The molecule has 2 aromatic carbocycles. The second kappa shape index (κ2) is 11.4. The quantitative estimate of drug-likeness (QED) is 0.214. The highest BCUT2D eigenvalue weighted by Crippen LogP contribution is 2.34. The fourth-order valence-electron chi connectivity index (χ4n) is 4.98. The van der Waals surface area contributed by atoms with Crippen LogP contribution in [0.3, 0.4) is 0 Å². The number of aryl methyl sites for hydroxylation is 1. The standard InChI is InChI=1S/C30H30BrFN4O4/c1-4-18(3)26(35(14-13-33)29(37)19-7-5-17(2)6-8-19)28-34-25-22-15-20(32)9-11-23(22)40-27(25)30(38)36(28)16-21-10-12-24(31)39-21/h5-12,15,18,26H,4,13-14,16,33H2,1-3H3/t18-,26-/m1/s1. The summed E-state index contributed by atoms with van der Waals surface area (Å²) in [5.74, 6) is 0.0492. The zero-order valence-electron chi connectivity index (χ0n) is 22.5. The van der Waals surface area contributed by atoms with E-state index in [1.54, 1.807) is 29.2 Å². The molecule has 8 nitrogen and oxygen atoms in total. The Balaban J connectivity index is 1.78. The minimum Gasteiger partial charge on any atom is -0.452 e. The molecule has 0 bridgehead atoms. The molecule has 3 aromatic heterocycles. The Bertz CT molecular complexity index is 1740. The van der Waals surface area contributed by atoms with Gasteiger partial charge in [-0.15, -0.1) is 0 Å². The van der Waals surface area contributed by atoms with E-state index in [4.69, 9.17) is 19.6 Å². The predicted molar refractivity (Wildman–Crippen MR) is 155 cm³/mol. The molecule has 2 atom stereocenters. The van der Waals surface area contributed by atoms with Gasteiger partial charge in [-0.3, -0.25) is 14.2 Å². The fraction of sp³-hybridized carbons (Fsp3) is 0.300. The van der Waals surface area contributed by atoms with Crippen molar-refractivity contribution >= 4 is 43.9 Å². The molecule has 0 fully saturated rings. The van der Waals surface area contributed by atoms with Crippen molar-refractivity contribution < 1.29 is 18.0 Å². The molecule has 0 aliphatic heterocycles. The van der Waals surface area contributed by atoms with E-state index in [2.05, 4.69) is 15.9 Å². The predicted octanol–water partition coefficient (Wildman–Crippen LogP) is 6.18. The lowest BCUT2D eigenvalue weighted by molar-refractivity contribution is 0.0597. The molecule has 0 aliphatic carbocycles. The first-order chi connectivity index (χ1) is 19.2. The maximum atomic E-state index is 14.3. The molecule has 1 amide bonds. The largest absolute Gasteiger partial charge is 0.452 e. The minimum atomic E-state index is -0.628. The number of nitrogens with zero attached hydrogens (tertiary/aromatic N) is 3. The Labute approximate surface area is 238 Å². The monoisotopic (exact) mass is 608 g/mol. The van der Waals surface area contributed by atoms with Gasteiger partial charge in [-0.25, -0.2) is 9.37 Å². The lowest BCUT2D eigenvalue weighted by Crippen LogP contribution is -2.44. The summed E-state index contributed by atoms with van der Waals surface area (Å²) in [7, 11) is 0. The summed E-state index contributed by atoms with van der Waals surface area (Å²) < 4.78 is 27.9. The number of hydrogen-bond donors (Lipinski definition) is 1. The fourth-order valence-corrected chi connectivity index (χ4v) is 5.32. The van der Waals surface area contributed by atoms with Gasteiger partial charge in [-0.1, -0.05) is 38.0 Å². The Kier molecular flexibility index (Phi) is 7.91. The van der Waals surface area contributed by atoms with Gasteiger partial charge in [0, 0.05) is 24.0 Å². The van der Waals surface area contributed by atoms with Crippen LogP contribution in [0.2, 0.25) is 0 Å². The zero-order chi connectivity index (χ0) is 28.6. The summed E-state index contributed by atoms with van der Waals surface area (Å²) in [5, 5.41) is 0.388. The third-order valence-corrected chi connectivity index (χ3v) is 7.65. The van der Waals surface area contributed by atoms with E-state index in [0.29, 0.717) is 39.2 Å². The second-order valence-corrected chi connectivity index (χ2v) is 10.8. The lowest BCUT2D eigenvalue weighted by atomic mass is 9.95. The van der Waals surface area contributed by atoms with Gasteiger partial charge in [0.1, 0.15) is 28.5 Å². The molecule has 10 heteroatoms. The van der Waals surface area contributed by atoms with E-state index in [1.165, 1.54) is 22.8 Å². The van der Waals surface area contributed by atoms with Crippen molar-refractivity contribution in [3.8, 4) is 0 Å². The first-order valence-corrected chi connectivity index (χ1v) is 14.0. The summed E-state index contributed by atoms with van der Waals surface area (Å²) in [6.07, 6.45) is 0.688. The van der Waals surface area contributed by atoms with E-state index >= 15 is 0 Å². The van der Waals surface area contributed by atoms with Gasteiger partial charge in [0.05, 0.1) is 12.6 Å². The molecule has 5 aromatic rings. The van der Waals surface area contributed by atoms with Gasteiger partial charge in [0.2, 0.25) is 5.58 Å². The third-order valence-electron chi connectivity index (χ3n) is 7.22. The molecule has 2 N–H and O–H groups in total. The smallest absolute Gasteiger partial charge is 0.297 e. The average molecular weight is 609 g/mol. The second-order valence-electron chi connectivity index (χ2n) is 9.97. The van der Waals surface area contributed by atoms with Gasteiger partial charge >= 0.3 is 0 Å². The van der Waals surface area contributed by atoms with Crippen molar-refractivity contribution in [3.63, 3.8) is 0 Å². The molecule has 208 valence electrons. The average Bonchev–Trinajstić information content (AvgIpc) is 3.52. The number of halogens is 2. The van der Waals surface area contributed by atoms with Gasteiger partial charge in [0.15, 0.2) is 4.67 Å². The maximum absolute atomic E-state index is 14.3. The first kappa shape index (κ1) is 27.8. The zero-order valence-corrected chi connectivity index (χ0v) is 24.1. The van der Waals surface area contributed by atoms with Crippen LogP contribution in [0.15, 0.2) is 72.9 Å². The molecule has 5 rings (SSSR count). The van der Waals surface area contributed by atoms with Gasteiger partial charge in [-0.2, -0.15) is 0 Å². The minimum absolute atomic E-state index is 0.00751. The molecule has 0 spiro atoms. The van der Waals surface area contributed by atoms with Crippen LogP contribution in [0.25, 0.3) is 22.1 Å². The molecule has 0 unspecified atom stereocenters. The van der Waals surface area contributed by atoms with Crippen LogP contribution in [-0.4, -0.2) is 33.4 Å². The summed E-state index contributed by atoms with van der Waals surface area (Å²) in [6, 6.07) is 14.3. The topological polar surface area (TPSA) is 108 Å². The van der Waals surface area contributed by atoms with Crippen LogP contribution in [-0.2, 0) is 6.54 Å². The van der Waals surface area contributed by atoms with Crippen LogP contribution < -0.4 is 11.3 Å². The number of furan rings is 2. The molecule has 40 heavy (non-hydrogen) atoms. The maximum Gasteiger partial charge on any atom is 0.297 e. The SMILES string of the molecule is CC[C@@H](C)[C@H](c1nc2c(oc3ccc(F)cc32)c(=O)n1Cc1ccc(Br)o1)N(CCN)C(=O)c1ccc(C)cc1. The number of carbonyl (C=O) groups excluding carboxylic acids is 1. The molecular formula is C30H30BrFN4O4. The van der Waals surface area contributed by atoms with Crippen molar-refractivity contribution in [2.24, 2.45) is 11.7 Å². The van der Waals surface area contributed by atoms with Crippen LogP contribution >= 0.6 is 15.9 Å². The lowest BCUT2D eigenvalue weighted by Gasteiger charge is -2.36. The summed E-state index contributed by atoms with van der Waals surface area (Å²) in [6.45, 7) is 6.48. The normalized spacial score (nSPS) is 13.2. The number of benzene rings is 2. The van der Waals surface area contributed by atoms with Crippen LogP contribution in [0.1, 0.15) is 53.8 Å². The highest BCUT2D eigenvalue weighted by molar-refractivity contribution is 9.10. The van der Waals surface area contributed by atoms with Crippen molar-refractivity contribution in [2.45, 2.75) is 39.8 Å². The van der Waals surface area contributed by atoms with Crippen LogP contribution in [0.5, 0.6) is 0 Å². The molecule has 0 aliphatic rings. The van der Waals surface area contributed by atoms with Crippen LogP contribution in [0.4, 0.5) is 4.39 Å². The molecular weight excluding hydrogens is 579 g/mol. The molecule has 0 saturated heterocycles. The number of hydrogen-bond acceptors (Lipinski definition) is 6. The number of rotatable bonds is 9. The van der Waals surface area contributed by atoms with Gasteiger partial charge in [-0.05, 0) is 71.2 Å². The highest BCUT2D eigenvalue weighted by Gasteiger charge is 2.34. The molecule has 0 saturated carbocycles. The van der Waals surface area contributed by atoms with E-state index in [-0.39, 0.29) is 42.6 Å². The third kappa shape index (κ3) is 5.21. The number of amides is 1. The first-order valence-electron chi connectivity index (χ1n) is 13.2.